The van der Waals surface area contributed by atoms with Crippen molar-refractivity contribution >= 4 is 11.6 Å². The van der Waals surface area contributed by atoms with Crippen LogP contribution in [0.5, 0.6) is 0 Å². The van der Waals surface area contributed by atoms with Gasteiger partial charge in [-0.15, -0.1) is 0 Å². The van der Waals surface area contributed by atoms with Crippen molar-refractivity contribution in [2.45, 2.75) is 12.8 Å². The normalized spacial score (nSPS) is 21.1. The molecule has 2 heterocycles. The minimum absolute atomic E-state index is 0.0325. The number of nitrogens with two attached hydrogens (primary N) is 1. The summed E-state index contributed by atoms with van der Waals surface area (Å²) >= 11 is 0. The van der Waals surface area contributed by atoms with Crippen LogP contribution in [0.4, 0.5) is 5.69 Å². The fourth-order valence-electron chi connectivity index (χ4n) is 2.10. The lowest BCUT2D eigenvalue weighted by Gasteiger charge is -2.31. The second-order valence-electron chi connectivity index (χ2n) is 4.29. The molecular formula is C11H17N3O2. The molecule has 5 nitrogen and oxygen atoms in total. The molecule has 1 aliphatic rings. The Hall–Kier alpha value is -1.49. The second-order valence-corrected chi connectivity index (χ2v) is 4.29. The van der Waals surface area contributed by atoms with Crippen LogP contribution in [0.1, 0.15) is 23.3 Å². The molecular weight excluding hydrogens is 206 g/mol. The number of hydrogen-bond acceptors (Lipinski definition) is 3. The number of hydrogen-bond donors (Lipinski definition) is 3. The Balaban J connectivity index is 2.04. The number of carbonyl (C=O) groups is 1. The van der Waals surface area contributed by atoms with Crippen molar-refractivity contribution in [2.75, 3.05) is 25.4 Å². The van der Waals surface area contributed by atoms with Gasteiger partial charge >= 0.3 is 0 Å². The van der Waals surface area contributed by atoms with E-state index >= 15 is 0 Å². The summed E-state index contributed by atoms with van der Waals surface area (Å²) in [6.45, 7) is 1.54. The van der Waals surface area contributed by atoms with E-state index in [1.807, 2.05) is 0 Å². The number of aromatic nitrogens is 1. The zero-order chi connectivity index (χ0) is 11.5. The molecule has 0 saturated carbocycles. The summed E-state index contributed by atoms with van der Waals surface area (Å²) < 4.78 is 0. The summed E-state index contributed by atoms with van der Waals surface area (Å²) in [5.41, 5.74) is 6.65. The van der Waals surface area contributed by atoms with Gasteiger partial charge in [0.1, 0.15) is 5.69 Å². The molecule has 0 spiro atoms. The number of nitrogen functional groups attached to an aromatic ring is 1. The van der Waals surface area contributed by atoms with Crippen LogP contribution >= 0.6 is 0 Å². The Bertz CT molecular complexity index is 375. The van der Waals surface area contributed by atoms with Gasteiger partial charge in [0, 0.05) is 31.6 Å². The molecule has 2 rings (SSSR count). The molecule has 0 radical (unpaired) electrons. The quantitative estimate of drug-likeness (QED) is 0.680. The third-order valence-electron chi connectivity index (χ3n) is 3.00. The van der Waals surface area contributed by atoms with Crippen molar-refractivity contribution in [1.29, 1.82) is 0 Å². The maximum absolute atomic E-state index is 12.0. The van der Waals surface area contributed by atoms with Crippen LogP contribution in [0.25, 0.3) is 0 Å². The van der Waals surface area contributed by atoms with Crippen LogP contribution in [-0.2, 0) is 0 Å². The molecule has 1 aliphatic heterocycles. The maximum atomic E-state index is 12.0. The van der Waals surface area contributed by atoms with Gasteiger partial charge in [-0.25, -0.2) is 0 Å². The van der Waals surface area contributed by atoms with E-state index in [1.54, 1.807) is 17.2 Å². The minimum atomic E-state index is -0.0325. The maximum Gasteiger partial charge on any atom is 0.270 e. The Morgan fingerprint density at radius 3 is 3.12 bits per heavy atom. The summed E-state index contributed by atoms with van der Waals surface area (Å²) in [6.07, 6.45) is 3.56. The smallest absolute Gasteiger partial charge is 0.270 e. The zero-order valence-corrected chi connectivity index (χ0v) is 9.15. The highest BCUT2D eigenvalue weighted by Gasteiger charge is 2.24. The number of nitrogens with zero attached hydrogens (tertiary/aromatic N) is 1. The molecule has 0 bridgehead atoms. The first-order valence-corrected chi connectivity index (χ1v) is 5.54. The summed E-state index contributed by atoms with van der Waals surface area (Å²) in [6, 6.07) is 1.64. The van der Waals surface area contributed by atoms with Gasteiger partial charge in [0.2, 0.25) is 0 Å². The van der Waals surface area contributed by atoms with Crippen LogP contribution in [0, 0.1) is 5.92 Å². The lowest BCUT2D eigenvalue weighted by atomic mass is 9.99. The van der Waals surface area contributed by atoms with Gasteiger partial charge in [-0.05, 0) is 24.8 Å². The SMILES string of the molecule is Nc1c[nH]c(C(=O)N2CCCC(CO)C2)c1. The summed E-state index contributed by atoms with van der Waals surface area (Å²) in [4.78, 5) is 16.7. The van der Waals surface area contributed by atoms with Crippen LogP contribution in [0.15, 0.2) is 12.3 Å². The molecule has 1 amide bonds. The van der Waals surface area contributed by atoms with E-state index in [4.69, 9.17) is 10.8 Å². The highest BCUT2D eigenvalue weighted by atomic mass is 16.3. The number of likely N-dealkylation sites (tertiary alicyclic amines) is 1. The number of aliphatic hydroxyl groups excluding tert-OH is 1. The average molecular weight is 223 g/mol. The van der Waals surface area contributed by atoms with E-state index in [0.29, 0.717) is 17.9 Å². The molecule has 88 valence electrons. The molecule has 1 aromatic heterocycles. The molecule has 1 unspecified atom stereocenters. The molecule has 1 saturated heterocycles. The van der Waals surface area contributed by atoms with Crippen molar-refractivity contribution in [1.82, 2.24) is 9.88 Å². The molecule has 1 fully saturated rings. The molecule has 4 N–H and O–H groups in total. The summed E-state index contributed by atoms with van der Waals surface area (Å²) in [5, 5.41) is 9.10. The van der Waals surface area contributed by atoms with Gasteiger partial charge < -0.3 is 20.7 Å². The van der Waals surface area contributed by atoms with Crippen LogP contribution in [0.3, 0.4) is 0 Å². The first-order valence-electron chi connectivity index (χ1n) is 5.54. The minimum Gasteiger partial charge on any atom is -0.397 e. The Morgan fingerprint density at radius 1 is 1.69 bits per heavy atom. The Morgan fingerprint density at radius 2 is 2.50 bits per heavy atom. The predicted molar refractivity (Wildman–Crippen MR) is 60.9 cm³/mol. The predicted octanol–water partition coefficient (Wildman–Crippen LogP) is 0.441. The van der Waals surface area contributed by atoms with Crippen molar-refractivity contribution in [3.8, 4) is 0 Å². The van der Waals surface area contributed by atoms with Gasteiger partial charge in [-0.1, -0.05) is 0 Å². The Labute approximate surface area is 94.2 Å². The van der Waals surface area contributed by atoms with E-state index in [9.17, 15) is 4.79 Å². The van der Waals surface area contributed by atoms with Gasteiger partial charge in [-0.2, -0.15) is 0 Å². The van der Waals surface area contributed by atoms with Gasteiger partial charge in [0.25, 0.3) is 5.91 Å². The second kappa shape index (κ2) is 4.57. The number of amides is 1. The molecule has 1 aromatic rings. The van der Waals surface area contributed by atoms with Gasteiger partial charge in [0.15, 0.2) is 0 Å². The molecule has 0 aromatic carbocycles. The van der Waals surface area contributed by atoms with Crippen molar-refractivity contribution in [3.63, 3.8) is 0 Å². The Kier molecular flexibility index (Phi) is 3.14. The van der Waals surface area contributed by atoms with Gasteiger partial charge in [-0.3, -0.25) is 4.79 Å². The third-order valence-corrected chi connectivity index (χ3v) is 3.00. The van der Waals surface area contributed by atoms with E-state index in [2.05, 4.69) is 4.98 Å². The van der Waals surface area contributed by atoms with Crippen LogP contribution in [0.2, 0.25) is 0 Å². The average Bonchev–Trinajstić information content (AvgIpc) is 2.75. The fraction of sp³-hybridized carbons (Fsp3) is 0.545. The number of aliphatic hydroxyl groups is 1. The van der Waals surface area contributed by atoms with E-state index in [1.165, 1.54) is 0 Å². The van der Waals surface area contributed by atoms with E-state index in [0.717, 1.165) is 19.4 Å². The third kappa shape index (κ3) is 2.19. The lowest BCUT2D eigenvalue weighted by Crippen LogP contribution is -2.41. The van der Waals surface area contributed by atoms with Crippen LogP contribution in [-0.4, -0.2) is 40.6 Å². The zero-order valence-electron chi connectivity index (χ0n) is 9.15. The molecule has 16 heavy (non-hydrogen) atoms. The first-order chi connectivity index (χ1) is 7.70. The number of rotatable bonds is 2. The van der Waals surface area contributed by atoms with E-state index in [-0.39, 0.29) is 18.4 Å². The number of anilines is 1. The standard InChI is InChI=1S/C11H17N3O2/c12-9-4-10(13-5-9)11(16)14-3-1-2-8(6-14)7-15/h4-5,8,13,15H,1-3,6-7,12H2. The van der Waals surface area contributed by atoms with Crippen LogP contribution < -0.4 is 5.73 Å². The molecule has 0 aliphatic carbocycles. The number of aromatic amines is 1. The number of piperidine rings is 1. The number of nitrogens with one attached hydrogen (secondary N) is 1. The molecule has 5 heteroatoms. The first kappa shape index (κ1) is 11.0. The topological polar surface area (TPSA) is 82.4 Å². The number of H-pyrrole nitrogens is 1. The fourth-order valence-corrected chi connectivity index (χ4v) is 2.10. The largest absolute Gasteiger partial charge is 0.397 e. The lowest BCUT2D eigenvalue weighted by molar-refractivity contribution is 0.0615. The number of carbonyl (C=O) groups excluding carboxylic acids is 1. The molecule has 1 atom stereocenters. The van der Waals surface area contributed by atoms with Crippen molar-refractivity contribution < 1.29 is 9.90 Å². The van der Waals surface area contributed by atoms with Crippen molar-refractivity contribution in [2.24, 2.45) is 5.92 Å². The van der Waals surface area contributed by atoms with E-state index < -0.39 is 0 Å². The highest BCUT2D eigenvalue weighted by molar-refractivity contribution is 5.93. The van der Waals surface area contributed by atoms with Crippen molar-refractivity contribution in [3.05, 3.63) is 18.0 Å². The summed E-state index contributed by atoms with van der Waals surface area (Å²) in [7, 11) is 0. The monoisotopic (exact) mass is 223 g/mol. The van der Waals surface area contributed by atoms with Gasteiger partial charge in [0.05, 0.1) is 0 Å². The summed E-state index contributed by atoms with van der Waals surface area (Å²) in [5.74, 6) is 0.180. The highest BCUT2D eigenvalue weighted by Crippen LogP contribution is 2.18.